The van der Waals surface area contributed by atoms with E-state index in [1.807, 2.05) is 20.8 Å². The predicted octanol–water partition coefficient (Wildman–Crippen LogP) is 3.94. The maximum absolute atomic E-state index is 12.4. The van der Waals surface area contributed by atoms with E-state index in [2.05, 4.69) is 13.5 Å². The van der Waals surface area contributed by atoms with Crippen molar-refractivity contribution in [3.63, 3.8) is 0 Å². The van der Waals surface area contributed by atoms with Crippen LogP contribution in [-0.4, -0.2) is 33.9 Å². The number of rotatable bonds is 6. The smallest absolute Gasteiger partial charge is 0.331 e. The first kappa shape index (κ1) is 20.9. The molecule has 0 aromatic heterocycles. The maximum Gasteiger partial charge on any atom is 0.331 e. The molecule has 6 atom stereocenters. The minimum absolute atomic E-state index is 0.111. The standard InChI is InChI=1S/C21H34O5/c1-6-13(2)10-18(22)26-17-12-15(14(3)19(23)24)11-16-20(17,4)8-7-9-21(16,5)25/h13,15-17,25H,3,6-12H2,1-2,4-5H3,(H,23,24). The summed E-state index contributed by atoms with van der Waals surface area (Å²) in [4.78, 5) is 23.9. The summed E-state index contributed by atoms with van der Waals surface area (Å²) in [5.41, 5.74) is -1.06. The number of carbonyl (C=O) groups excluding carboxylic acids is 1. The summed E-state index contributed by atoms with van der Waals surface area (Å²) < 4.78 is 5.91. The van der Waals surface area contributed by atoms with Crippen LogP contribution in [-0.2, 0) is 14.3 Å². The van der Waals surface area contributed by atoms with Crippen LogP contribution in [0.5, 0.6) is 0 Å². The Morgan fingerprint density at radius 1 is 1.27 bits per heavy atom. The Hall–Kier alpha value is -1.36. The minimum Gasteiger partial charge on any atom is -0.478 e. The van der Waals surface area contributed by atoms with E-state index in [0.717, 1.165) is 19.3 Å². The van der Waals surface area contributed by atoms with Gasteiger partial charge in [-0.3, -0.25) is 4.79 Å². The Labute approximate surface area is 156 Å². The molecule has 5 heteroatoms. The molecular weight excluding hydrogens is 332 g/mol. The first-order chi connectivity index (χ1) is 12.0. The molecule has 0 amide bonds. The second-order valence-corrected chi connectivity index (χ2v) is 8.96. The molecule has 0 aliphatic heterocycles. The monoisotopic (exact) mass is 366 g/mol. The van der Waals surface area contributed by atoms with Gasteiger partial charge in [-0.15, -0.1) is 0 Å². The molecule has 0 saturated heterocycles. The summed E-state index contributed by atoms with van der Waals surface area (Å²) in [5.74, 6) is -1.37. The van der Waals surface area contributed by atoms with E-state index in [1.165, 1.54) is 0 Å². The van der Waals surface area contributed by atoms with Gasteiger partial charge in [-0.2, -0.15) is 0 Å². The first-order valence-corrected chi connectivity index (χ1v) is 9.85. The summed E-state index contributed by atoms with van der Waals surface area (Å²) >= 11 is 0. The lowest BCUT2D eigenvalue weighted by Crippen LogP contribution is -2.58. The third-order valence-electron chi connectivity index (χ3n) is 6.95. The van der Waals surface area contributed by atoms with Gasteiger partial charge in [0.05, 0.1) is 5.60 Å². The summed E-state index contributed by atoms with van der Waals surface area (Å²) in [6, 6.07) is 0. The SMILES string of the molecule is C=C(C(=O)O)C1CC(OC(=O)CC(C)CC)C2(C)CCCC(C)(O)C2C1. The van der Waals surface area contributed by atoms with Crippen LogP contribution >= 0.6 is 0 Å². The molecule has 0 heterocycles. The van der Waals surface area contributed by atoms with Crippen molar-refractivity contribution < 1.29 is 24.5 Å². The van der Waals surface area contributed by atoms with Crippen molar-refractivity contribution in [2.24, 2.45) is 23.2 Å². The normalized spacial score (nSPS) is 38.1. The van der Waals surface area contributed by atoms with Crippen LogP contribution in [0, 0.1) is 23.2 Å². The van der Waals surface area contributed by atoms with E-state index in [9.17, 15) is 19.8 Å². The van der Waals surface area contributed by atoms with Gasteiger partial charge in [0.15, 0.2) is 0 Å². The van der Waals surface area contributed by atoms with Crippen molar-refractivity contribution in [1.82, 2.24) is 0 Å². The second kappa shape index (κ2) is 7.71. The Morgan fingerprint density at radius 2 is 1.92 bits per heavy atom. The molecule has 26 heavy (non-hydrogen) atoms. The molecule has 2 aliphatic carbocycles. The van der Waals surface area contributed by atoms with Gasteiger partial charge in [0.25, 0.3) is 0 Å². The predicted molar refractivity (Wildman–Crippen MR) is 99.5 cm³/mol. The van der Waals surface area contributed by atoms with E-state index in [-0.39, 0.29) is 40.8 Å². The molecule has 0 spiro atoms. The third kappa shape index (κ3) is 4.13. The molecule has 0 aromatic rings. The minimum atomic E-state index is -1.02. The van der Waals surface area contributed by atoms with Crippen LogP contribution in [0.2, 0.25) is 0 Å². The average Bonchev–Trinajstić information content (AvgIpc) is 2.54. The van der Waals surface area contributed by atoms with E-state index in [4.69, 9.17) is 4.74 Å². The number of aliphatic hydroxyl groups is 1. The van der Waals surface area contributed by atoms with Crippen LogP contribution in [0.3, 0.4) is 0 Å². The van der Waals surface area contributed by atoms with Crippen molar-refractivity contribution in [2.45, 2.75) is 84.3 Å². The van der Waals surface area contributed by atoms with E-state index in [1.54, 1.807) is 0 Å². The first-order valence-electron chi connectivity index (χ1n) is 9.85. The van der Waals surface area contributed by atoms with Gasteiger partial charge in [0.2, 0.25) is 0 Å². The van der Waals surface area contributed by atoms with Gasteiger partial charge in [0, 0.05) is 17.4 Å². The fourth-order valence-corrected chi connectivity index (χ4v) is 4.98. The molecule has 5 nitrogen and oxygen atoms in total. The summed E-state index contributed by atoms with van der Waals surface area (Å²) in [7, 11) is 0. The number of ether oxygens (including phenoxy) is 1. The number of carboxylic acid groups (broad SMARTS) is 1. The van der Waals surface area contributed by atoms with Gasteiger partial charge < -0.3 is 14.9 Å². The third-order valence-corrected chi connectivity index (χ3v) is 6.95. The zero-order valence-corrected chi connectivity index (χ0v) is 16.6. The highest BCUT2D eigenvalue weighted by atomic mass is 16.5. The van der Waals surface area contributed by atoms with Crippen LogP contribution in [0.1, 0.15) is 72.6 Å². The molecule has 2 N–H and O–H groups in total. The van der Waals surface area contributed by atoms with Crippen LogP contribution in [0.15, 0.2) is 12.2 Å². The number of hydrogen-bond acceptors (Lipinski definition) is 4. The van der Waals surface area contributed by atoms with Gasteiger partial charge in [-0.05, 0) is 56.8 Å². The topological polar surface area (TPSA) is 83.8 Å². The summed E-state index contributed by atoms with van der Waals surface area (Å²) in [5, 5.41) is 20.4. The molecule has 2 fully saturated rings. The number of hydrogen-bond donors (Lipinski definition) is 2. The fourth-order valence-electron chi connectivity index (χ4n) is 4.98. The molecule has 2 saturated carbocycles. The van der Waals surface area contributed by atoms with Gasteiger partial charge in [0.1, 0.15) is 6.10 Å². The number of aliphatic carboxylic acids is 1. The highest BCUT2D eigenvalue weighted by Gasteiger charge is 2.57. The zero-order chi connectivity index (χ0) is 19.7. The molecule has 2 aliphatic rings. The lowest BCUT2D eigenvalue weighted by molar-refractivity contribution is -0.193. The number of fused-ring (bicyclic) bond motifs is 1. The van der Waals surface area contributed by atoms with Crippen molar-refractivity contribution in [2.75, 3.05) is 0 Å². The number of esters is 1. The molecule has 0 bridgehead atoms. The van der Waals surface area contributed by atoms with E-state index in [0.29, 0.717) is 25.7 Å². The maximum atomic E-state index is 12.4. The van der Waals surface area contributed by atoms with Crippen molar-refractivity contribution in [3.05, 3.63) is 12.2 Å². The Balaban J connectivity index is 2.28. The quantitative estimate of drug-likeness (QED) is 0.549. The van der Waals surface area contributed by atoms with Crippen LogP contribution < -0.4 is 0 Å². The van der Waals surface area contributed by atoms with Gasteiger partial charge >= 0.3 is 11.9 Å². The second-order valence-electron chi connectivity index (χ2n) is 8.96. The lowest BCUT2D eigenvalue weighted by Gasteiger charge is -2.57. The molecule has 6 unspecified atom stereocenters. The molecule has 0 radical (unpaired) electrons. The van der Waals surface area contributed by atoms with Crippen molar-refractivity contribution >= 4 is 11.9 Å². The highest BCUT2D eigenvalue weighted by Crippen LogP contribution is 2.57. The van der Waals surface area contributed by atoms with Crippen LogP contribution in [0.25, 0.3) is 0 Å². The lowest BCUT2D eigenvalue weighted by atomic mass is 9.51. The number of carbonyl (C=O) groups is 2. The van der Waals surface area contributed by atoms with Crippen molar-refractivity contribution in [3.8, 4) is 0 Å². The van der Waals surface area contributed by atoms with Crippen LogP contribution in [0.4, 0.5) is 0 Å². The molecule has 148 valence electrons. The zero-order valence-electron chi connectivity index (χ0n) is 16.6. The van der Waals surface area contributed by atoms with Gasteiger partial charge in [-0.25, -0.2) is 4.79 Å². The Bertz CT molecular complexity index is 567. The molecular formula is C21H34O5. The summed E-state index contributed by atoms with van der Waals surface area (Å²) in [6.45, 7) is 11.7. The number of carboxylic acids is 1. The fraction of sp³-hybridized carbons (Fsp3) is 0.810. The largest absolute Gasteiger partial charge is 0.478 e. The Morgan fingerprint density at radius 3 is 2.50 bits per heavy atom. The molecule has 0 aromatic carbocycles. The van der Waals surface area contributed by atoms with E-state index < -0.39 is 11.6 Å². The van der Waals surface area contributed by atoms with Gasteiger partial charge in [-0.1, -0.05) is 33.8 Å². The van der Waals surface area contributed by atoms with E-state index >= 15 is 0 Å². The molecule has 2 rings (SSSR count). The average molecular weight is 366 g/mol. The highest BCUT2D eigenvalue weighted by molar-refractivity contribution is 5.86. The van der Waals surface area contributed by atoms with Crippen molar-refractivity contribution in [1.29, 1.82) is 0 Å². The Kier molecular flexibility index (Phi) is 6.21. The summed E-state index contributed by atoms with van der Waals surface area (Å²) in [6.07, 6.45) is 4.39.